The predicted molar refractivity (Wildman–Crippen MR) is 139 cm³/mol. The number of hydrogen-bond donors (Lipinski definition) is 1. The SMILES string of the molecule is [C-]#[N+]c1c(Br)nn(CCc2cc(N3CCN(C(=O)OCc4ccccc4)CC3)ccc2N)c1Br. The minimum Gasteiger partial charge on any atom is -0.445 e. The topological polar surface area (TPSA) is 81.0 Å². The van der Waals surface area contributed by atoms with Gasteiger partial charge in [-0.2, -0.15) is 5.10 Å². The number of carbonyl (C=O) groups is 1. The molecule has 1 aliphatic rings. The monoisotopic (exact) mass is 586 g/mol. The summed E-state index contributed by atoms with van der Waals surface area (Å²) in [4.78, 5) is 19.9. The smallest absolute Gasteiger partial charge is 0.410 e. The van der Waals surface area contributed by atoms with Gasteiger partial charge in [0.25, 0.3) is 5.69 Å². The first kappa shape index (κ1) is 24.1. The molecule has 10 heteroatoms. The molecule has 1 aliphatic heterocycles. The third kappa shape index (κ3) is 5.54. The summed E-state index contributed by atoms with van der Waals surface area (Å²) in [5, 5.41) is 4.37. The maximum Gasteiger partial charge on any atom is 0.410 e. The van der Waals surface area contributed by atoms with Crippen LogP contribution in [0.1, 0.15) is 11.1 Å². The fourth-order valence-corrected chi connectivity index (χ4v) is 5.10. The van der Waals surface area contributed by atoms with Gasteiger partial charge in [-0.1, -0.05) is 30.3 Å². The summed E-state index contributed by atoms with van der Waals surface area (Å²) in [7, 11) is 0. The van der Waals surface area contributed by atoms with Crippen molar-refractivity contribution >= 4 is 55.0 Å². The lowest BCUT2D eigenvalue weighted by atomic mass is 10.1. The number of nitrogens with zero attached hydrogens (tertiary/aromatic N) is 5. The van der Waals surface area contributed by atoms with Gasteiger partial charge >= 0.3 is 6.09 Å². The summed E-state index contributed by atoms with van der Waals surface area (Å²) in [5.74, 6) is 0. The normalized spacial score (nSPS) is 13.6. The second kappa shape index (κ2) is 10.9. The Bertz CT molecular complexity index is 1200. The number of aryl methyl sites for hydroxylation is 2. The van der Waals surface area contributed by atoms with Crippen molar-refractivity contribution in [2.75, 3.05) is 36.8 Å². The van der Waals surface area contributed by atoms with Crippen molar-refractivity contribution in [3.8, 4) is 0 Å². The van der Waals surface area contributed by atoms with Gasteiger partial charge in [-0.25, -0.2) is 9.64 Å². The summed E-state index contributed by atoms with van der Waals surface area (Å²) in [5.41, 5.74) is 10.5. The number of aromatic nitrogens is 2. The summed E-state index contributed by atoms with van der Waals surface area (Å²) in [6.45, 7) is 10.8. The quantitative estimate of drug-likeness (QED) is 0.315. The van der Waals surface area contributed by atoms with Crippen LogP contribution >= 0.6 is 31.9 Å². The highest BCUT2D eigenvalue weighted by Gasteiger charge is 2.23. The van der Waals surface area contributed by atoms with E-state index in [-0.39, 0.29) is 12.7 Å². The molecule has 2 aromatic carbocycles. The molecule has 0 atom stereocenters. The summed E-state index contributed by atoms with van der Waals surface area (Å²) < 4.78 is 8.39. The molecule has 1 fully saturated rings. The van der Waals surface area contributed by atoms with Gasteiger partial charge in [-0.15, -0.1) is 0 Å². The Hall–Kier alpha value is -3.03. The van der Waals surface area contributed by atoms with E-state index in [4.69, 9.17) is 17.0 Å². The molecule has 0 spiro atoms. The Morgan fingerprint density at radius 1 is 1.12 bits per heavy atom. The molecular formula is C24H24Br2N6O2. The molecule has 2 heterocycles. The van der Waals surface area contributed by atoms with Crippen LogP contribution in [0.3, 0.4) is 0 Å². The number of carbonyl (C=O) groups excluding carboxylic acids is 1. The van der Waals surface area contributed by atoms with Gasteiger partial charge in [0.15, 0.2) is 0 Å². The molecule has 1 saturated heterocycles. The molecule has 1 aromatic heterocycles. The van der Waals surface area contributed by atoms with Gasteiger partial charge in [0.1, 0.15) is 15.8 Å². The van der Waals surface area contributed by atoms with Crippen molar-refractivity contribution in [3.05, 3.63) is 80.3 Å². The number of nitrogens with two attached hydrogens (primary N) is 1. The van der Waals surface area contributed by atoms with Gasteiger partial charge in [0, 0.05) is 44.1 Å². The van der Waals surface area contributed by atoms with Gasteiger partial charge < -0.3 is 20.3 Å². The second-order valence-electron chi connectivity index (χ2n) is 7.91. The highest BCUT2D eigenvalue weighted by Crippen LogP contribution is 2.33. The second-order valence-corrected chi connectivity index (χ2v) is 9.41. The number of halogens is 2. The van der Waals surface area contributed by atoms with E-state index >= 15 is 0 Å². The Morgan fingerprint density at radius 3 is 2.53 bits per heavy atom. The first-order chi connectivity index (χ1) is 16.5. The largest absolute Gasteiger partial charge is 0.445 e. The summed E-state index contributed by atoms with van der Waals surface area (Å²) >= 11 is 6.77. The van der Waals surface area contributed by atoms with E-state index in [1.807, 2.05) is 42.5 Å². The van der Waals surface area contributed by atoms with Crippen LogP contribution in [0.5, 0.6) is 0 Å². The molecule has 0 bridgehead atoms. The van der Waals surface area contributed by atoms with Crippen molar-refractivity contribution in [3.63, 3.8) is 0 Å². The average molecular weight is 588 g/mol. The number of rotatable bonds is 6. The fraction of sp³-hybridized carbons (Fsp3) is 0.292. The van der Waals surface area contributed by atoms with Crippen LogP contribution in [0.25, 0.3) is 4.85 Å². The number of amides is 1. The summed E-state index contributed by atoms with van der Waals surface area (Å²) in [6.07, 6.45) is 0.395. The molecule has 0 radical (unpaired) electrons. The Labute approximate surface area is 215 Å². The molecule has 0 aliphatic carbocycles. The number of ether oxygens (including phenoxy) is 1. The fourth-order valence-electron chi connectivity index (χ4n) is 3.83. The van der Waals surface area contributed by atoms with E-state index in [9.17, 15) is 4.79 Å². The zero-order valence-electron chi connectivity index (χ0n) is 18.5. The van der Waals surface area contributed by atoms with Gasteiger partial charge in [0.2, 0.25) is 0 Å². The van der Waals surface area contributed by atoms with Crippen LogP contribution in [0.15, 0.2) is 57.7 Å². The molecular weight excluding hydrogens is 564 g/mol. The number of hydrogen-bond acceptors (Lipinski definition) is 5. The highest BCUT2D eigenvalue weighted by molar-refractivity contribution is 9.11. The predicted octanol–water partition coefficient (Wildman–Crippen LogP) is 5.24. The third-order valence-electron chi connectivity index (χ3n) is 5.77. The Morgan fingerprint density at radius 2 is 1.85 bits per heavy atom. The van der Waals surface area contributed by atoms with Gasteiger partial charge in [-0.05, 0) is 67.6 Å². The standard InChI is InChI=1S/C24H24Br2N6O2/c1-28-21-22(25)29-32(23(21)26)10-9-18-15-19(7-8-20(18)27)30-11-13-31(14-12-30)24(33)34-16-17-5-3-2-4-6-17/h2-8,15H,9-14,16,27H2. The van der Waals surface area contributed by atoms with Crippen molar-refractivity contribution in [1.29, 1.82) is 0 Å². The number of nitrogen functional groups attached to an aromatic ring is 1. The van der Waals surface area contributed by atoms with Gasteiger partial charge in [-0.3, -0.25) is 4.68 Å². The van der Waals surface area contributed by atoms with Crippen LogP contribution in [0, 0.1) is 6.57 Å². The lowest BCUT2D eigenvalue weighted by Gasteiger charge is -2.35. The lowest BCUT2D eigenvalue weighted by molar-refractivity contribution is 0.0942. The van der Waals surface area contributed by atoms with E-state index in [1.54, 1.807) is 9.58 Å². The minimum atomic E-state index is -0.281. The Balaban J connectivity index is 1.33. The number of benzene rings is 2. The molecule has 0 saturated carbocycles. The van der Waals surface area contributed by atoms with E-state index in [1.165, 1.54) is 0 Å². The van der Waals surface area contributed by atoms with E-state index in [2.05, 4.69) is 52.8 Å². The zero-order valence-corrected chi connectivity index (χ0v) is 21.6. The first-order valence-electron chi connectivity index (χ1n) is 10.8. The van der Waals surface area contributed by atoms with Crippen LogP contribution in [-0.2, 0) is 24.3 Å². The summed E-state index contributed by atoms with van der Waals surface area (Å²) in [6, 6.07) is 15.7. The zero-order chi connectivity index (χ0) is 24.1. The van der Waals surface area contributed by atoms with Crippen molar-refractivity contribution in [2.45, 2.75) is 19.6 Å². The van der Waals surface area contributed by atoms with Crippen molar-refractivity contribution in [1.82, 2.24) is 14.7 Å². The average Bonchev–Trinajstić information content (AvgIpc) is 3.14. The lowest BCUT2D eigenvalue weighted by Crippen LogP contribution is -2.49. The molecule has 2 N–H and O–H groups in total. The molecule has 8 nitrogen and oxygen atoms in total. The molecule has 3 aromatic rings. The van der Waals surface area contributed by atoms with Crippen molar-refractivity contribution < 1.29 is 9.53 Å². The minimum absolute atomic E-state index is 0.279. The van der Waals surface area contributed by atoms with E-state index in [0.29, 0.717) is 40.9 Å². The van der Waals surface area contributed by atoms with Crippen LogP contribution < -0.4 is 10.6 Å². The third-order valence-corrected chi connectivity index (χ3v) is 7.08. The highest BCUT2D eigenvalue weighted by atomic mass is 79.9. The van der Waals surface area contributed by atoms with Crippen LogP contribution in [-0.4, -0.2) is 47.0 Å². The van der Waals surface area contributed by atoms with E-state index in [0.717, 1.165) is 35.6 Å². The molecule has 176 valence electrons. The molecule has 34 heavy (non-hydrogen) atoms. The number of piperazine rings is 1. The van der Waals surface area contributed by atoms with Gasteiger partial charge in [0.05, 0.1) is 6.57 Å². The van der Waals surface area contributed by atoms with Crippen molar-refractivity contribution in [2.24, 2.45) is 0 Å². The first-order valence-corrected chi connectivity index (χ1v) is 12.4. The molecule has 1 amide bonds. The van der Waals surface area contributed by atoms with Crippen LogP contribution in [0.2, 0.25) is 0 Å². The van der Waals surface area contributed by atoms with Crippen LogP contribution in [0.4, 0.5) is 21.9 Å². The van der Waals surface area contributed by atoms with E-state index < -0.39 is 0 Å². The molecule has 0 unspecified atom stereocenters. The molecule has 4 rings (SSSR count). The Kier molecular flexibility index (Phi) is 7.75. The maximum absolute atomic E-state index is 12.4. The number of anilines is 2. The maximum atomic E-state index is 12.4.